The Morgan fingerprint density at radius 2 is 2.12 bits per heavy atom. The van der Waals surface area contributed by atoms with E-state index in [1.54, 1.807) is 32.5 Å². The molecule has 0 unspecified atom stereocenters. The van der Waals surface area contributed by atoms with E-state index >= 15 is 0 Å². The second kappa shape index (κ2) is 6.90. The number of amides is 1. The van der Waals surface area contributed by atoms with Crippen molar-refractivity contribution >= 4 is 33.3 Å². The van der Waals surface area contributed by atoms with Crippen molar-refractivity contribution in [3.63, 3.8) is 0 Å². The Balaban J connectivity index is 2.02. The number of methoxy groups -OCH3 is 2. The van der Waals surface area contributed by atoms with Gasteiger partial charge in [0.15, 0.2) is 5.82 Å². The van der Waals surface area contributed by atoms with Crippen molar-refractivity contribution in [1.82, 2.24) is 15.0 Å². The second-order valence-corrected chi connectivity index (χ2v) is 5.99. The predicted molar refractivity (Wildman–Crippen MR) is 91.6 cm³/mol. The molecule has 0 atom stereocenters. The van der Waals surface area contributed by atoms with E-state index in [0.29, 0.717) is 27.2 Å². The van der Waals surface area contributed by atoms with Crippen molar-refractivity contribution in [3.8, 4) is 5.88 Å². The Morgan fingerprint density at radius 3 is 2.79 bits per heavy atom. The molecule has 0 aliphatic carbocycles. The van der Waals surface area contributed by atoms with Crippen LogP contribution in [0.4, 0.5) is 5.82 Å². The summed E-state index contributed by atoms with van der Waals surface area (Å²) in [4.78, 5) is 26.7. The highest BCUT2D eigenvalue weighted by Crippen LogP contribution is 2.35. The van der Waals surface area contributed by atoms with Crippen molar-refractivity contribution in [2.75, 3.05) is 19.5 Å². The van der Waals surface area contributed by atoms with E-state index in [0.717, 1.165) is 10.9 Å². The number of carbonyl (C=O) groups is 1. The average Bonchev–Trinajstić information content (AvgIpc) is 2.92. The fourth-order valence-corrected chi connectivity index (χ4v) is 3.40. The molecule has 0 aromatic carbocycles. The third-order valence-corrected chi connectivity index (χ3v) is 4.57. The van der Waals surface area contributed by atoms with Gasteiger partial charge in [0.25, 0.3) is 5.91 Å². The quantitative estimate of drug-likeness (QED) is 0.766. The van der Waals surface area contributed by atoms with Gasteiger partial charge in [-0.2, -0.15) is 4.98 Å². The topological polar surface area (TPSA) is 86.2 Å². The number of nitrogens with zero attached hydrogens (tertiary/aromatic N) is 3. The SMILES string of the molecule is COCc1nc(OC)c2c(C)c(C(=O)Nc3ccccn3)sc2n1. The molecular formula is C16H16N4O3S. The van der Waals surface area contributed by atoms with Crippen LogP contribution in [0.5, 0.6) is 5.88 Å². The largest absolute Gasteiger partial charge is 0.480 e. The first-order valence-electron chi connectivity index (χ1n) is 7.19. The Hall–Kier alpha value is -2.58. The summed E-state index contributed by atoms with van der Waals surface area (Å²) in [7, 11) is 3.12. The number of thiophene rings is 1. The zero-order valence-electron chi connectivity index (χ0n) is 13.5. The molecule has 0 bridgehead atoms. The highest BCUT2D eigenvalue weighted by atomic mass is 32.1. The first kappa shape index (κ1) is 16.3. The van der Waals surface area contributed by atoms with Crippen LogP contribution in [0.3, 0.4) is 0 Å². The highest BCUT2D eigenvalue weighted by Gasteiger charge is 2.21. The van der Waals surface area contributed by atoms with Gasteiger partial charge in [0.2, 0.25) is 5.88 Å². The molecule has 3 rings (SSSR count). The Labute approximate surface area is 142 Å². The summed E-state index contributed by atoms with van der Waals surface area (Å²) in [5.41, 5.74) is 0.782. The van der Waals surface area contributed by atoms with E-state index in [9.17, 15) is 4.79 Å². The molecule has 8 heteroatoms. The third-order valence-electron chi connectivity index (χ3n) is 3.38. The van der Waals surface area contributed by atoms with Gasteiger partial charge in [-0.05, 0) is 24.6 Å². The number of rotatable bonds is 5. The number of carbonyl (C=O) groups excluding carboxylic acids is 1. The fourth-order valence-electron chi connectivity index (χ4n) is 2.31. The number of ether oxygens (including phenoxy) is 2. The van der Waals surface area contributed by atoms with Crippen molar-refractivity contribution in [2.24, 2.45) is 0 Å². The average molecular weight is 344 g/mol. The maximum Gasteiger partial charge on any atom is 0.267 e. The second-order valence-electron chi connectivity index (χ2n) is 4.99. The van der Waals surface area contributed by atoms with Crippen LogP contribution in [0.15, 0.2) is 24.4 Å². The van der Waals surface area contributed by atoms with Gasteiger partial charge in [-0.15, -0.1) is 11.3 Å². The third kappa shape index (κ3) is 3.06. The Bertz CT molecular complexity index is 880. The minimum atomic E-state index is -0.232. The molecule has 0 saturated carbocycles. The van der Waals surface area contributed by atoms with Crippen molar-refractivity contribution in [3.05, 3.63) is 40.7 Å². The van der Waals surface area contributed by atoms with Gasteiger partial charge in [-0.25, -0.2) is 9.97 Å². The molecule has 0 aliphatic heterocycles. The zero-order valence-corrected chi connectivity index (χ0v) is 14.3. The smallest absolute Gasteiger partial charge is 0.267 e. The van der Waals surface area contributed by atoms with Gasteiger partial charge in [0, 0.05) is 13.3 Å². The molecule has 0 aliphatic rings. The lowest BCUT2D eigenvalue weighted by Crippen LogP contribution is -2.12. The number of hydrogen-bond acceptors (Lipinski definition) is 7. The molecule has 0 spiro atoms. The molecule has 0 radical (unpaired) electrons. The first-order chi connectivity index (χ1) is 11.6. The van der Waals surface area contributed by atoms with Crippen LogP contribution in [0.2, 0.25) is 0 Å². The number of anilines is 1. The summed E-state index contributed by atoms with van der Waals surface area (Å²) in [6, 6.07) is 5.34. The van der Waals surface area contributed by atoms with E-state index in [1.807, 2.05) is 13.0 Å². The number of hydrogen-bond donors (Lipinski definition) is 1. The number of nitrogens with one attached hydrogen (secondary N) is 1. The van der Waals surface area contributed by atoms with E-state index in [-0.39, 0.29) is 12.5 Å². The van der Waals surface area contributed by atoms with Gasteiger partial charge >= 0.3 is 0 Å². The van der Waals surface area contributed by atoms with E-state index in [2.05, 4.69) is 20.3 Å². The standard InChI is InChI=1S/C16H16N4O3S/c1-9-12-15(23-3)19-11(8-22-2)20-16(12)24-13(9)14(21)18-10-6-4-5-7-17-10/h4-7H,8H2,1-3H3,(H,17,18,21). The van der Waals surface area contributed by atoms with Crippen LogP contribution >= 0.6 is 11.3 Å². The summed E-state index contributed by atoms with van der Waals surface area (Å²) in [5.74, 6) is 1.22. The first-order valence-corrected chi connectivity index (χ1v) is 8.01. The summed E-state index contributed by atoms with van der Waals surface area (Å²) in [5, 5.41) is 3.53. The Morgan fingerprint density at radius 1 is 1.29 bits per heavy atom. The van der Waals surface area contributed by atoms with Crippen LogP contribution in [0.25, 0.3) is 10.2 Å². The molecule has 1 N–H and O–H groups in total. The number of aromatic nitrogens is 3. The number of fused-ring (bicyclic) bond motifs is 1. The van der Waals surface area contributed by atoms with E-state index in [4.69, 9.17) is 9.47 Å². The lowest BCUT2D eigenvalue weighted by atomic mass is 10.2. The summed E-state index contributed by atoms with van der Waals surface area (Å²) in [6.45, 7) is 2.13. The monoisotopic (exact) mass is 344 g/mol. The van der Waals surface area contributed by atoms with Crippen LogP contribution < -0.4 is 10.1 Å². The van der Waals surface area contributed by atoms with E-state index < -0.39 is 0 Å². The molecule has 1 amide bonds. The van der Waals surface area contributed by atoms with E-state index in [1.165, 1.54) is 11.3 Å². The van der Waals surface area contributed by atoms with Gasteiger partial charge < -0.3 is 14.8 Å². The molecule has 0 fully saturated rings. The maximum atomic E-state index is 12.6. The van der Waals surface area contributed by atoms with Gasteiger partial charge in [0.05, 0.1) is 17.4 Å². The Kier molecular flexibility index (Phi) is 4.68. The summed E-state index contributed by atoms with van der Waals surface area (Å²) < 4.78 is 10.4. The number of pyridine rings is 1. The maximum absolute atomic E-state index is 12.6. The minimum Gasteiger partial charge on any atom is -0.480 e. The molecule has 24 heavy (non-hydrogen) atoms. The van der Waals surface area contributed by atoms with Crippen LogP contribution in [0, 0.1) is 6.92 Å². The van der Waals surface area contributed by atoms with Crippen molar-refractivity contribution in [2.45, 2.75) is 13.5 Å². The zero-order chi connectivity index (χ0) is 17.1. The normalized spacial score (nSPS) is 10.8. The van der Waals surface area contributed by atoms with Gasteiger partial charge in [0.1, 0.15) is 17.3 Å². The fraction of sp³-hybridized carbons (Fsp3) is 0.250. The summed E-state index contributed by atoms with van der Waals surface area (Å²) in [6.07, 6.45) is 1.62. The molecule has 124 valence electrons. The molecule has 3 heterocycles. The lowest BCUT2D eigenvalue weighted by molar-refractivity contribution is 0.102. The van der Waals surface area contributed by atoms with Crippen LogP contribution in [0.1, 0.15) is 21.1 Å². The molecule has 7 nitrogen and oxygen atoms in total. The molecule has 0 saturated heterocycles. The highest BCUT2D eigenvalue weighted by molar-refractivity contribution is 7.20. The van der Waals surface area contributed by atoms with Gasteiger partial charge in [-0.3, -0.25) is 4.79 Å². The predicted octanol–water partition coefficient (Wildman–Crippen LogP) is 2.80. The molecule has 3 aromatic heterocycles. The molecule has 3 aromatic rings. The van der Waals surface area contributed by atoms with Crippen molar-refractivity contribution in [1.29, 1.82) is 0 Å². The summed E-state index contributed by atoms with van der Waals surface area (Å²) >= 11 is 1.29. The van der Waals surface area contributed by atoms with Crippen LogP contribution in [-0.4, -0.2) is 35.1 Å². The van der Waals surface area contributed by atoms with Crippen molar-refractivity contribution < 1.29 is 14.3 Å². The van der Waals surface area contributed by atoms with Crippen LogP contribution in [-0.2, 0) is 11.3 Å². The lowest BCUT2D eigenvalue weighted by Gasteiger charge is -2.05. The molecular weight excluding hydrogens is 328 g/mol. The van der Waals surface area contributed by atoms with Gasteiger partial charge in [-0.1, -0.05) is 6.07 Å². The number of aryl methyl sites for hydroxylation is 1. The minimum absolute atomic E-state index is 0.232.